The molecule has 0 fully saturated rings. The van der Waals surface area contributed by atoms with E-state index in [2.05, 4.69) is 66.9 Å². The minimum absolute atomic E-state index is 0.337. The zero-order chi connectivity index (χ0) is 15.1. The molecule has 2 heteroatoms. The molecule has 22 heavy (non-hydrogen) atoms. The Morgan fingerprint density at radius 3 is 2.68 bits per heavy atom. The van der Waals surface area contributed by atoms with E-state index in [4.69, 9.17) is 4.74 Å². The highest BCUT2D eigenvalue weighted by molar-refractivity contribution is 5.69. The number of allylic oxidation sites excluding steroid dienone is 2. The monoisotopic (exact) mass is 291 g/mol. The molecule has 2 aliphatic rings. The van der Waals surface area contributed by atoms with Gasteiger partial charge in [-0.05, 0) is 42.0 Å². The van der Waals surface area contributed by atoms with E-state index in [0.29, 0.717) is 17.9 Å². The minimum atomic E-state index is 0.337. The first-order valence-corrected chi connectivity index (χ1v) is 7.95. The van der Waals surface area contributed by atoms with Gasteiger partial charge < -0.3 is 10.1 Å². The lowest BCUT2D eigenvalue weighted by molar-refractivity contribution is 0.396. The summed E-state index contributed by atoms with van der Waals surface area (Å²) in [5.74, 6) is 2.01. The van der Waals surface area contributed by atoms with Gasteiger partial charge in [0.1, 0.15) is 5.75 Å². The van der Waals surface area contributed by atoms with E-state index in [1.165, 1.54) is 22.4 Å². The number of aryl methyl sites for hydroxylation is 1. The van der Waals surface area contributed by atoms with Gasteiger partial charge in [-0.25, -0.2) is 0 Å². The summed E-state index contributed by atoms with van der Waals surface area (Å²) in [6.45, 7) is 2.20. The van der Waals surface area contributed by atoms with Crippen LogP contribution in [0.2, 0.25) is 0 Å². The number of hydrogen-bond acceptors (Lipinski definition) is 2. The summed E-state index contributed by atoms with van der Waals surface area (Å²) >= 11 is 0. The van der Waals surface area contributed by atoms with Crippen LogP contribution in [0.1, 0.15) is 35.1 Å². The van der Waals surface area contributed by atoms with Crippen molar-refractivity contribution in [3.8, 4) is 5.75 Å². The summed E-state index contributed by atoms with van der Waals surface area (Å²) in [7, 11) is 1.75. The van der Waals surface area contributed by atoms with Crippen molar-refractivity contribution >= 4 is 5.69 Å². The third kappa shape index (κ3) is 1.94. The van der Waals surface area contributed by atoms with Gasteiger partial charge in [0.05, 0.1) is 18.8 Å². The maximum Gasteiger partial charge on any atom is 0.142 e. The summed E-state index contributed by atoms with van der Waals surface area (Å²) in [4.78, 5) is 0. The zero-order valence-corrected chi connectivity index (χ0v) is 13.0. The molecule has 1 heterocycles. The lowest BCUT2D eigenvalue weighted by Crippen LogP contribution is -2.29. The average molecular weight is 291 g/mol. The molecule has 0 saturated carbocycles. The summed E-state index contributed by atoms with van der Waals surface area (Å²) in [5.41, 5.74) is 5.28. The van der Waals surface area contributed by atoms with Crippen molar-refractivity contribution in [1.82, 2.24) is 0 Å². The lowest BCUT2D eigenvalue weighted by Gasteiger charge is -2.39. The quantitative estimate of drug-likeness (QED) is 0.800. The Labute approximate surface area is 131 Å². The van der Waals surface area contributed by atoms with Crippen LogP contribution in [-0.4, -0.2) is 7.11 Å². The Bertz CT molecular complexity index is 720. The van der Waals surface area contributed by atoms with Crippen LogP contribution in [-0.2, 0) is 0 Å². The zero-order valence-electron chi connectivity index (χ0n) is 13.0. The number of fused-ring (bicyclic) bond motifs is 3. The highest BCUT2D eigenvalue weighted by atomic mass is 16.5. The van der Waals surface area contributed by atoms with Crippen LogP contribution in [0.4, 0.5) is 5.69 Å². The van der Waals surface area contributed by atoms with Crippen LogP contribution in [0.25, 0.3) is 0 Å². The molecule has 1 aliphatic heterocycles. The third-order valence-electron chi connectivity index (χ3n) is 5.08. The largest absolute Gasteiger partial charge is 0.495 e. The van der Waals surface area contributed by atoms with Gasteiger partial charge in [-0.15, -0.1) is 0 Å². The SMILES string of the molecule is COc1ccc(C)c2c1N[C@H](c1ccccc1)[C@H]1CC=C[C@H]21. The van der Waals surface area contributed by atoms with Crippen LogP contribution in [0.5, 0.6) is 5.75 Å². The van der Waals surface area contributed by atoms with E-state index in [1.807, 2.05) is 0 Å². The molecule has 0 spiro atoms. The van der Waals surface area contributed by atoms with Crippen molar-refractivity contribution in [3.63, 3.8) is 0 Å². The first-order chi connectivity index (χ1) is 10.8. The fourth-order valence-corrected chi connectivity index (χ4v) is 4.03. The Morgan fingerprint density at radius 2 is 1.91 bits per heavy atom. The maximum atomic E-state index is 5.61. The van der Waals surface area contributed by atoms with E-state index < -0.39 is 0 Å². The van der Waals surface area contributed by atoms with Crippen molar-refractivity contribution in [2.75, 3.05) is 12.4 Å². The van der Waals surface area contributed by atoms with Crippen molar-refractivity contribution in [3.05, 3.63) is 71.3 Å². The van der Waals surface area contributed by atoms with E-state index in [0.717, 1.165) is 12.2 Å². The Balaban J connectivity index is 1.87. The van der Waals surface area contributed by atoms with Gasteiger partial charge in [-0.1, -0.05) is 48.6 Å². The number of hydrogen-bond donors (Lipinski definition) is 1. The molecule has 0 radical (unpaired) electrons. The van der Waals surface area contributed by atoms with E-state index in [9.17, 15) is 0 Å². The summed E-state index contributed by atoms with van der Waals surface area (Å²) in [6.07, 6.45) is 5.85. The molecule has 2 aromatic rings. The van der Waals surface area contributed by atoms with Crippen molar-refractivity contribution in [2.45, 2.75) is 25.3 Å². The molecule has 3 atom stereocenters. The Morgan fingerprint density at radius 1 is 1.09 bits per heavy atom. The van der Waals surface area contributed by atoms with Crippen molar-refractivity contribution in [2.24, 2.45) is 5.92 Å². The van der Waals surface area contributed by atoms with E-state index >= 15 is 0 Å². The predicted molar refractivity (Wildman–Crippen MR) is 90.5 cm³/mol. The van der Waals surface area contributed by atoms with Gasteiger partial charge >= 0.3 is 0 Å². The molecular weight excluding hydrogens is 270 g/mol. The number of rotatable bonds is 2. The molecule has 0 aromatic heterocycles. The van der Waals surface area contributed by atoms with Gasteiger partial charge in [0.25, 0.3) is 0 Å². The molecule has 4 rings (SSSR count). The molecule has 112 valence electrons. The number of nitrogens with one attached hydrogen (secondary N) is 1. The highest BCUT2D eigenvalue weighted by Gasteiger charge is 2.39. The topological polar surface area (TPSA) is 21.3 Å². The normalized spacial score (nSPS) is 25.3. The fraction of sp³-hybridized carbons (Fsp3) is 0.300. The van der Waals surface area contributed by atoms with Crippen LogP contribution >= 0.6 is 0 Å². The van der Waals surface area contributed by atoms with Gasteiger partial charge in [0.15, 0.2) is 0 Å². The van der Waals surface area contributed by atoms with Crippen LogP contribution < -0.4 is 10.1 Å². The molecule has 0 bridgehead atoms. The van der Waals surface area contributed by atoms with Gasteiger partial charge in [0, 0.05) is 5.92 Å². The summed E-state index contributed by atoms with van der Waals surface area (Å²) in [5, 5.41) is 3.78. The standard InChI is InChI=1S/C20H21NO/c1-13-11-12-17(22-2)20-18(13)15-9-6-10-16(15)19(21-20)14-7-4-3-5-8-14/h3-9,11-12,15-16,19,21H,10H2,1-2H3/t15-,16-,19+/m0/s1. The number of benzene rings is 2. The highest BCUT2D eigenvalue weighted by Crippen LogP contribution is 2.53. The van der Waals surface area contributed by atoms with Crippen molar-refractivity contribution < 1.29 is 4.74 Å². The van der Waals surface area contributed by atoms with Crippen LogP contribution in [0, 0.1) is 12.8 Å². The average Bonchev–Trinajstić information content (AvgIpc) is 3.04. The second kappa shape index (κ2) is 5.20. The van der Waals surface area contributed by atoms with E-state index in [-0.39, 0.29) is 0 Å². The number of methoxy groups -OCH3 is 1. The summed E-state index contributed by atoms with van der Waals surface area (Å²) in [6, 6.07) is 15.3. The van der Waals surface area contributed by atoms with Crippen molar-refractivity contribution in [1.29, 1.82) is 0 Å². The maximum absolute atomic E-state index is 5.61. The predicted octanol–water partition coefficient (Wildman–Crippen LogP) is 4.83. The molecule has 1 N–H and O–H groups in total. The Hall–Kier alpha value is -2.22. The molecular formula is C20H21NO. The van der Waals surface area contributed by atoms with Gasteiger partial charge in [-0.2, -0.15) is 0 Å². The third-order valence-corrected chi connectivity index (χ3v) is 5.08. The fourth-order valence-electron chi connectivity index (χ4n) is 4.03. The summed E-state index contributed by atoms with van der Waals surface area (Å²) < 4.78 is 5.61. The molecule has 2 aromatic carbocycles. The minimum Gasteiger partial charge on any atom is -0.495 e. The van der Waals surface area contributed by atoms with E-state index in [1.54, 1.807) is 7.11 Å². The van der Waals surface area contributed by atoms with Crippen LogP contribution in [0.3, 0.4) is 0 Å². The number of anilines is 1. The molecule has 0 unspecified atom stereocenters. The first kappa shape index (κ1) is 13.4. The van der Waals surface area contributed by atoms with Gasteiger partial charge in [0.2, 0.25) is 0 Å². The molecule has 0 saturated heterocycles. The number of ether oxygens (including phenoxy) is 1. The molecule has 1 aliphatic carbocycles. The molecule has 0 amide bonds. The smallest absolute Gasteiger partial charge is 0.142 e. The first-order valence-electron chi connectivity index (χ1n) is 7.95. The van der Waals surface area contributed by atoms with Crippen LogP contribution in [0.15, 0.2) is 54.6 Å². The molecule has 2 nitrogen and oxygen atoms in total. The van der Waals surface area contributed by atoms with Gasteiger partial charge in [-0.3, -0.25) is 0 Å². The lowest BCUT2D eigenvalue weighted by atomic mass is 9.75. The second-order valence-electron chi connectivity index (χ2n) is 6.26. The second-order valence-corrected chi connectivity index (χ2v) is 6.26. The Kier molecular flexibility index (Phi) is 3.18.